The zero-order valence-corrected chi connectivity index (χ0v) is 18.4. The van der Waals surface area contributed by atoms with Gasteiger partial charge in [-0.1, -0.05) is 31.5 Å². The van der Waals surface area contributed by atoms with Gasteiger partial charge < -0.3 is 25.6 Å². The molecule has 1 aromatic carbocycles. The zero-order chi connectivity index (χ0) is 22.2. The van der Waals surface area contributed by atoms with E-state index in [-0.39, 0.29) is 24.4 Å². The van der Waals surface area contributed by atoms with Crippen LogP contribution in [0.15, 0.2) is 24.3 Å². The highest BCUT2D eigenvalue weighted by atomic mass is 16.5. The first-order valence-corrected chi connectivity index (χ1v) is 10.7. The third kappa shape index (κ3) is 9.73. The molecule has 8 heteroatoms. The smallest absolute Gasteiger partial charge is 0.239 e. The molecule has 1 aromatic rings. The normalized spacial score (nSPS) is 11.4. The maximum atomic E-state index is 12.7. The number of amides is 3. The third-order valence-corrected chi connectivity index (χ3v) is 4.58. The molecule has 3 N–H and O–H groups in total. The minimum atomic E-state index is -0.345. The lowest BCUT2D eigenvalue weighted by molar-refractivity contribution is -0.136. The molecule has 0 spiro atoms. The fraction of sp³-hybridized carbons (Fsp3) is 0.591. The number of carbonyl (C=O) groups is 3. The molecule has 30 heavy (non-hydrogen) atoms. The molecule has 0 aliphatic carbocycles. The highest BCUT2D eigenvalue weighted by molar-refractivity contribution is 5.87. The van der Waals surface area contributed by atoms with E-state index < -0.39 is 0 Å². The monoisotopic (exact) mass is 420 g/mol. The second kappa shape index (κ2) is 15.3. The summed E-state index contributed by atoms with van der Waals surface area (Å²) < 4.78 is 5.92. The van der Waals surface area contributed by atoms with E-state index in [1.807, 2.05) is 38.1 Å². The highest BCUT2D eigenvalue weighted by Gasteiger charge is 2.22. The summed E-state index contributed by atoms with van der Waals surface area (Å²) in [7, 11) is 1.65. The summed E-state index contributed by atoms with van der Waals surface area (Å²) >= 11 is 0. The van der Waals surface area contributed by atoms with Crippen molar-refractivity contribution < 1.29 is 19.1 Å². The second-order valence-electron chi connectivity index (χ2n) is 7.07. The fourth-order valence-corrected chi connectivity index (χ4v) is 3.10. The molecule has 0 saturated carbocycles. The number of aryl methyl sites for hydroxylation is 1. The Hall–Kier alpha value is -2.61. The van der Waals surface area contributed by atoms with E-state index in [4.69, 9.17) is 4.74 Å². The van der Waals surface area contributed by atoms with Crippen molar-refractivity contribution in [3.05, 3.63) is 29.8 Å². The van der Waals surface area contributed by atoms with Crippen LogP contribution in [-0.2, 0) is 20.8 Å². The van der Waals surface area contributed by atoms with Crippen LogP contribution in [0.25, 0.3) is 0 Å². The van der Waals surface area contributed by atoms with Gasteiger partial charge in [-0.25, -0.2) is 0 Å². The summed E-state index contributed by atoms with van der Waals surface area (Å²) in [6.07, 6.45) is 3.90. The lowest BCUT2D eigenvalue weighted by Gasteiger charge is -2.24. The summed E-state index contributed by atoms with van der Waals surface area (Å²) in [4.78, 5) is 36.2. The first kappa shape index (κ1) is 25.4. The zero-order valence-electron chi connectivity index (χ0n) is 18.4. The van der Waals surface area contributed by atoms with E-state index in [1.165, 1.54) is 4.90 Å². The number of nitrogens with zero attached hydrogens (tertiary/aromatic N) is 1. The molecular formula is C22H36N4O4. The first-order valence-electron chi connectivity index (χ1n) is 10.7. The van der Waals surface area contributed by atoms with E-state index in [9.17, 15) is 14.4 Å². The average molecular weight is 421 g/mol. The Morgan fingerprint density at radius 1 is 1.20 bits per heavy atom. The van der Waals surface area contributed by atoms with Gasteiger partial charge in [0.05, 0.1) is 12.6 Å². The number of ether oxygens (including phenoxy) is 1. The predicted octanol–water partition coefficient (Wildman–Crippen LogP) is 1.10. The van der Waals surface area contributed by atoms with E-state index in [2.05, 4.69) is 16.0 Å². The molecule has 168 valence electrons. The Morgan fingerprint density at radius 2 is 1.97 bits per heavy atom. The predicted molar refractivity (Wildman–Crippen MR) is 117 cm³/mol. The summed E-state index contributed by atoms with van der Waals surface area (Å²) in [6.45, 7) is 6.05. The summed E-state index contributed by atoms with van der Waals surface area (Å²) in [5, 5.41) is 8.63. The Kier molecular flexibility index (Phi) is 12.9. The number of nitrogens with one attached hydrogen (secondary N) is 3. The van der Waals surface area contributed by atoms with Crippen LogP contribution in [0.5, 0.6) is 5.75 Å². The summed E-state index contributed by atoms with van der Waals surface area (Å²) in [5.41, 5.74) is 1.09. The molecule has 0 bridgehead atoms. The van der Waals surface area contributed by atoms with Crippen LogP contribution < -0.4 is 20.7 Å². The van der Waals surface area contributed by atoms with Crippen molar-refractivity contribution in [3.63, 3.8) is 0 Å². The maximum Gasteiger partial charge on any atom is 0.239 e. The van der Waals surface area contributed by atoms with Gasteiger partial charge in [0.25, 0.3) is 0 Å². The van der Waals surface area contributed by atoms with Gasteiger partial charge in [-0.2, -0.15) is 0 Å². The van der Waals surface area contributed by atoms with Crippen molar-refractivity contribution in [2.24, 2.45) is 0 Å². The third-order valence-electron chi connectivity index (χ3n) is 4.58. The SMILES string of the molecule is CCCC(NCCOc1ccccc1CCCNC=O)C(=O)N(C)CC(=O)NCC. The van der Waals surface area contributed by atoms with Gasteiger partial charge >= 0.3 is 0 Å². The Balaban J connectivity index is 2.50. The van der Waals surface area contributed by atoms with Gasteiger partial charge in [-0.05, 0) is 37.8 Å². The van der Waals surface area contributed by atoms with Crippen molar-refractivity contribution in [3.8, 4) is 5.75 Å². The molecule has 0 aliphatic rings. The number of hydrogen-bond acceptors (Lipinski definition) is 5. The Morgan fingerprint density at radius 3 is 2.67 bits per heavy atom. The minimum absolute atomic E-state index is 0.0530. The van der Waals surface area contributed by atoms with Gasteiger partial charge in [0.2, 0.25) is 18.2 Å². The molecule has 8 nitrogen and oxygen atoms in total. The molecule has 3 amide bonds. The van der Waals surface area contributed by atoms with Crippen LogP contribution in [0.2, 0.25) is 0 Å². The average Bonchev–Trinajstić information content (AvgIpc) is 2.73. The van der Waals surface area contributed by atoms with Crippen molar-refractivity contribution >= 4 is 18.2 Å². The molecule has 0 fully saturated rings. The number of carbonyl (C=O) groups excluding carboxylic acids is 3. The summed E-state index contributed by atoms with van der Waals surface area (Å²) in [6, 6.07) is 7.49. The van der Waals surface area contributed by atoms with Crippen LogP contribution >= 0.6 is 0 Å². The van der Waals surface area contributed by atoms with Gasteiger partial charge in [-0.15, -0.1) is 0 Å². The molecule has 0 aromatic heterocycles. The van der Waals surface area contributed by atoms with E-state index in [0.717, 1.165) is 30.6 Å². The van der Waals surface area contributed by atoms with Crippen molar-refractivity contribution in [2.75, 3.05) is 39.8 Å². The maximum absolute atomic E-state index is 12.7. The minimum Gasteiger partial charge on any atom is -0.492 e. The van der Waals surface area contributed by atoms with Crippen LogP contribution in [0.1, 0.15) is 38.7 Å². The van der Waals surface area contributed by atoms with E-state index in [0.29, 0.717) is 39.1 Å². The van der Waals surface area contributed by atoms with Crippen molar-refractivity contribution in [1.29, 1.82) is 0 Å². The molecule has 1 atom stereocenters. The van der Waals surface area contributed by atoms with Crippen LogP contribution in [-0.4, -0.2) is 69.0 Å². The largest absolute Gasteiger partial charge is 0.492 e. The van der Waals surface area contributed by atoms with Gasteiger partial charge in [0.15, 0.2) is 0 Å². The van der Waals surface area contributed by atoms with Crippen molar-refractivity contribution in [1.82, 2.24) is 20.9 Å². The number of benzene rings is 1. The summed E-state index contributed by atoms with van der Waals surface area (Å²) in [5.74, 6) is 0.565. The molecular weight excluding hydrogens is 384 g/mol. The van der Waals surface area contributed by atoms with E-state index in [1.54, 1.807) is 7.05 Å². The Labute approximate surface area is 179 Å². The topological polar surface area (TPSA) is 99.8 Å². The Bertz CT molecular complexity index is 654. The molecule has 0 heterocycles. The lowest BCUT2D eigenvalue weighted by atomic mass is 10.1. The molecule has 0 radical (unpaired) electrons. The highest BCUT2D eigenvalue weighted by Crippen LogP contribution is 2.19. The number of rotatable bonds is 16. The number of likely N-dealkylation sites (N-methyl/N-ethyl adjacent to an activating group) is 2. The molecule has 1 rings (SSSR count). The first-order chi connectivity index (χ1) is 14.5. The van der Waals surface area contributed by atoms with Crippen molar-refractivity contribution in [2.45, 2.75) is 45.6 Å². The second-order valence-corrected chi connectivity index (χ2v) is 7.07. The lowest BCUT2D eigenvalue weighted by Crippen LogP contribution is -2.48. The molecule has 1 unspecified atom stereocenters. The van der Waals surface area contributed by atoms with Gasteiger partial charge in [0, 0.05) is 26.7 Å². The molecule has 0 saturated heterocycles. The van der Waals surface area contributed by atoms with Crippen LogP contribution in [0.4, 0.5) is 0 Å². The van der Waals surface area contributed by atoms with E-state index >= 15 is 0 Å². The van der Waals surface area contributed by atoms with Gasteiger partial charge in [0.1, 0.15) is 12.4 Å². The van der Waals surface area contributed by atoms with Crippen LogP contribution in [0.3, 0.4) is 0 Å². The van der Waals surface area contributed by atoms with Gasteiger partial charge in [-0.3, -0.25) is 14.4 Å². The van der Waals surface area contributed by atoms with Crippen LogP contribution in [0, 0.1) is 0 Å². The number of hydrogen-bond donors (Lipinski definition) is 3. The standard InChI is InChI=1S/C22H36N4O4/c1-4-9-19(22(29)26(3)16-21(28)24-5-2)25-14-15-30-20-12-7-6-10-18(20)11-8-13-23-17-27/h6-7,10,12,17,19,25H,4-5,8-9,11,13-16H2,1-3H3,(H,23,27)(H,24,28). The fourth-order valence-electron chi connectivity index (χ4n) is 3.10. The number of para-hydroxylation sites is 1. The quantitative estimate of drug-likeness (QED) is 0.275. The molecule has 0 aliphatic heterocycles.